The number of aliphatic hydroxyl groups is 1. The highest BCUT2D eigenvalue weighted by atomic mass is 16.3. The quantitative estimate of drug-likeness (QED) is 0.709. The first-order valence-electron chi connectivity index (χ1n) is 6.97. The largest absolute Gasteiger partial charge is 0.396 e. The van der Waals surface area contributed by atoms with E-state index in [0.29, 0.717) is 6.61 Å². The van der Waals surface area contributed by atoms with E-state index in [1.807, 2.05) is 0 Å². The van der Waals surface area contributed by atoms with Crippen LogP contribution in [0.4, 0.5) is 0 Å². The summed E-state index contributed by atoms with van der Waals surface area (Å²) in [6, 6.07) is 0.828. The van der Waals surface area contributed by atoms with E-state index in [1.165, 1.54) is 58.3 Å². The molecule has 0 radical (unpaired) electrons. The lowest BCUT2D eigenvalue weighted by Gasteiger charge is -2.38. The molecule has 1 saturated carbocycles. The fourth-order valence-corrected chi connectivity index (χ4v) is 2.78. The maximum absolute atomic E-state index is 8.93. The van der Waals surface area contributed by atoms with Crippen LogP contribution in [0, 0.1) is 0 Å². The summed E-state index contributed by atoms with van der Waals surface area (Å²) in [5.41, 5.74) is 0. The first kappa shape index (κ1) is 12.3. The molecule has 1 aliphatic carbocycles. The highest BCUT2D eigenvalue weighted by molar-refractivity contribution is 4.81. The average Bonchev–Trinajstić information content (AvgIpc) is 2.72. The SMILES string of the molecule is OCCCN(CCN1CCCC1)C1CCC1. The molecule has 0 aromatic carbocycles. The van der Waals surface area contributed by atoms with Crippen molar-refractivity contribution in [3.63, 3.8) is 0 Å². The lowest BCUT2D eigenvalue weighted by Crippen LogP contribution is -2.44. The molecule has 0 bridgehead atoms. The van der Waals surface area contributed by atoms with Crippen LogP contribution in [0.2, 0.25) is 0 Å². The monoisotopic (exact) mass is 226 g/mol. The highest BCUT2D eigenvalue weighted by Crippen LogP contribution is 2.24. The molecule has 2 aliphatic rings. The number of rotatable bonds is 7. The van der Waals surface area contributed by atoms with E-state index in [-0.39, 0.29) is 0 Å². The maximum Gasteiger partial charge on any atom is 0.0443 e. The highest BCUT2D eigenvalue weighted by Gasteiger charge is 2.24. The van der Waals surface area contributed by atoms with Gasteiger partial charge in [-0.25, -0.2) is 0 Å². The van der Waals surface area contributed by atoms with Gasteiger partial charge in [0.25, 0.3) is 0 Å². The minimum absolute atomic E-state index is 0.340. The Kier molecular flexibility index (Phi) is 5.07. The standard InChI is InChI=1S/C13H26N2O/c16-12-4-9-15(13-5-3-6-13)11-10-14-7-1-2-8-14/h13,16H,1-12H2. The van der Waals surface area contributed by atoms with Crippen LogP contribution in [-0.2, 0) is 0 Å². The van der Waals surface area contributed by atoms with Crippen molar-refractivity contribution in [2.24, 2.45) is 0 Å². The van der Waals surface area contributed by atoms with Gasteiger partial charge < -0.3 is 10.0 Å². The van der Waals surface area contributed by atoms with Crippen molar-refractivity contribution in [1.82, 2.24) is 9.80 Å². The molecular weight excluding hydrogens is 200 g/mol. The van der Waals surface area contributed by atoms with Gasteiger partial charge >= 0.3 is 0 Å². The van der Waals surface area contributed by atoms with Gasteiger partial charge in [-0.2, -0.15) is 0 Å². The van der Waals surface area contributed by atoms with Crippen LogP contribution in [0.15, 0.2) is 0 Å². The number of aliphatic hydroxyl groups excluding tert-OH is 1. The van der Waals surface area contributed by atoms with Crippen LogP contribution >= 0.6 is 0 Å². The Morgan fingerprint density at radius 2 is 1.81 bits per heavy atom. The van der Waals surface area contributed by atoms with Gasteiger partial charge in [-0.1, -0.05) is 6.42 Å². The minimum atomic E-state index is 0.340. The molecule has 1 aliphatic heterocycles. The predicted molar refractivity (Wildman–Crippen MR) is 66.6 cm³/mol. The van der Waals surface area contributed by atoms with Gasteiger partial charge in [0.1, 0.15) is 0 Å². The minimum Gasteiger partial charge on any atom is -0.396 e. The zero-order valence-electron chi connectivity index (χ0n) is 10.4. The summed E-state index contributed by atoms with van der Waals surface area (Å²) in [7, 11) is 0. The summed E-state index contributed by atoms with van der Waals surface area (Å²) in [4.78, 5) is 5.20. The van der Waals surface area contributed by atoms with Crippen LogP contribution < -0.4 is 0 Å². The maximum atomic E-state index is 8.93. The van der Waals surface area contributed by atoms with Gasteiger partial charge in [-0.15, -0.1) is 0 Å². The summed E-state index contributed by atoms with van der Waals surface area (Å²) in [6.07, 6.45) is 7.89. The lowest BCUT2D eigenvalue weighted by molar-refractivity contribution is 0.105. The first-order valence-corrected chi connectivity index (χ1v) is 6.97. The van der Waals surface area contributed by atoms with E-state index in [2.05, 4.69) is 9.80 Å². The zero-order chi connectivity index (χ0) is 11.2. The molecule has 0 amide bonds. The van der Waals surface area contributed by atoms with Crippen molar-refractivity contribution >= 4 is 0 Å². The summed E-state index contributed by atoms with van der Waals surface area (Å²) in [5.74, 6) is 0. The molecule has 2 fully saturated rings. The fourth-order valence-electron chi connectivity index (χ4n) is 2.78. The van der Waals surface area contributed by atoms with Gasteiger partial charge in [0.2, 0.25) is 0 Å². The molecule has 3 heteroatoms. The van der Waals surface area contributed by atoms with Crippen molar-refractivity contribution in [2.45, 2.75) is 44.6 Å². The second kappa shape index (κ2) is 6.58. The van der Waals surface area contributed by atoms with Gasteiger partial charge in [0, 0.05) is 32.3 Å². The van der Waals surface area contributed by atoms with Crippen LogP contribution in [0.5, 0.6) is 0 Å². The smallest absolute Gasteiger partial charge is 0.0443 e. The molecule has 0 atom stereocenters. The summed E-state index contributed by atoms with van der Waals surface area (Å²) in [5, 5.41) is 8.93. The third kappa shape index (κ3) is 3.44. The molecule has 0 unspecified atom stereocenters. The molecular formula is C13H26N2O. The Labute approximate surface area is 99.4 Å². The molecule has 0 aromatic heterocycles. The molecule has 0 aromatic rings. The van der Waals surface area contributed by atoms with E-state index in [1.54, 1.807) is 0 Å². The Hall–Kier alpha value is -0.120. The van der Waals surface area contributed by atoms with Crippen molar-refractivity contribution in [3.05, 3.63) is 0 Å². The normalized spacial score (nSPS) is 22.9. The lowest BCUT2D eigenvalue weighted by atomic mass is 9.91. The number of hydrogen-bond donors (Lipinski definition) is 1. The van der Waals surface area contributed by atoms with Crippen LogP contribution in [-0.4, -0.2) is 60.3 Å². The molecule has 0 spiro atoms. The van der Waals surface area contributed by atoms with E-state index >= 15 is 0 Å². The Bertz CT molecular complexity index is 188. The Balaban J connectivity index is 1.67. The van der Waals surface area contributed by atoms with Crippen LogP contribution in [0.3, 0.4) is 0 Å². The van der Waals surface area contributed by atoms with Gasteiger partial charge in [-0.3, -0.25) is 4.90 Å². The molecule has 2 rings (SSSR count). The van der Waals surface area contributed by atoms with E-state index in [0.717, 1.165) is 19.0 Å². The molecule has 1 heterocycles. The summed E-state index contributed by atoms with van der Waals surface area (Å²) < 4.78 is 0. The topological polar surface area (TPSA) is 26.7 Å². The molecule has 1 N–H and O–H groups in total. The fraction of sp³-hybridized carbons (Fsp3) is 1.00. The summed E-state index contributed by atoms with van der Waals surface area (Å²) >= 11 is 0. The third-order valence-electron chi connectivity index (χ3n) is 4.10. The predicted octanol–water partition coefficient (Wildman–Crippen LogP) is 1.32. The van der Waals surface area contributed by atoms with Gasteiger partial charge in [-0.05, 0) is 45.2 Å². The van der Waals surface area contributed by atoms with Crippen molar-refractivity contribution in [2.75, 3.05) is 39.3 Å². The molecule has 1 saturated heterocycles. The van der Waals surface area contributed by atoms with Crippen LogP contribution in [0.25, 0.3) is 0 Å². The van der Waals surface area contributed by atoms with Crippen molar-refractivity contribution < 1.29 is 5.11 Å². The number of nitrogens with zero attached hydrogens (tertiary/aromatic N) is 2. The zero-order valence-corrected chi connectivity index (χ0v) is 10.4. The number of hydrogen-bond acceptors (Lipinski definition) is 3. The van der Waals surface area contributed by atoms with Crippen LogP contribution in [0.1, 0.15) is 38.5 Å². The Morgan fingerprint density at radius 3 is 2.38 bits per heavy atom. The first-order chi connectivity index (χ1) is 7.90. The summed E-state index contributed by atoms with van der Waals surface area (Å²) in [6.45, 7) is 6.49. The van der Waals surface area contributed by atoms with Gasteiger partial charge in [0.15, 0.2) is 0 Å². The third-order valence-corrected chi connectivity index (χ3v) is 4.10. The molecule has 94 valence electrons. The molecule has 3 nitrogen and oxygen atoms in total. The Morgan fingerprint density at radius 1 is 1.06 bits per heavy atom. The van der Waals surface area contributed by atoms with E-state index in [4.69, 9.17) is 5.11 Å². The van der Waals surface area contributed by atoms with E-state index in [9.17, 15) is 0 Å². The average molecular weight is 226 g/mol. The van der Waals surface area contributed by atoms with Crippen molar-refractivity contribution in [1.29, 1.82) is 0 Å². The second-order valence-electron chi connectivity index (χ2n) is 5.25. The van der Waals surface area contributed by atoms with E-state index < -0.39 is 0 Å². The second-order valence-corrected chi connectivity index (χ2v) is 5.25. The van der Waals surface area contributed by atoms with Crippen molar-refractivity contribution in [3.8, 4) is 0 Å². The number of likely N-dealkylation sites (tertiary alicyclic amines) is 1. The molecule has 16 heavy (non-hydrogen) atoms. The van der Waals surface area contributed by atoms with Gasteiger partial charge in [0.05, 0.1) is 0 Å².